The summed E-state index contributed by atoms with van der Waals surface area (Å²) in [5.74, 6) is 0. The second-order valence-electron chi connectivity index (χ2n) is 3.89. The van der Waals surface area contributed by atoms with E-state index < -0.39 is 0 Å². The molecule has 0 saturated heterocycles. The van der Waals surface area contributed by atoms with Crippen LogP contribution in [0.5, 0.6) is 0 Å². The Morgan fingerprint density at radius 2 is 2.19 bits per heavy atom. The van der Waals surface area contributed by atoms with E-state index in [9.17, 15) is 10.1 Å². The van der Waals surface area contributed by atoms with Crippen LogP contribution in [0.2, 0.25) is 0 Å². The summed E-state index contributed by atoms with van der Waals surface area (Å²) < 4.78 is 0.736. The molecule has 0 aliphatic carbocycles. The molecule has 0 aromatic heterocycles. The van der Waals surface area contributed by atoms with Gasteiger partial charge in [-0.1, -0.05) is 35.8 Å². The summed E-state index contributed by atoms with van der Waals surface area (Å²) >= 11 is 3.24. The fourth-order valence-electron chi connectivity index (χ4n) is 1.41. The van der Waals surface area contributed by atoms with E-state index in [-0.39, 0.29) is 10.6 Å². The van der Waals surface area contributed by atoms with E-state index in [1.807, 2.05) is 6.07 Å². The zero-order valence-electron chi connectivity index (χ0n) is 9.37. The van der Waals surface area contributed by atoms with E-state index in [0.717, 1.165) is 16.6 Å². The van der Waals surface area contributed by atoms with Gasteiger partial charge in [-0.3, -0.25) is 10.1 Å². The highest BCUT2D eigenvalue weighted by molar-refractivity contribution is 9.10. The number of nitro groups is 1. The Morgan fingerprint density at radius 3 is 2.75 bits per heavy atom. The van der Waals surface area contributed by atoms with E-state index in [1.54, 1.807) is 12.1 Å². The van der Waals surface area contributed by atoms with Crippen molar-refractivity contribution >= 4 is 21.6 Å². The highest BCUT2D eigenvalue weighted by Crippen LogP contribution is 2.23. The second-order valence-corrected chi connectivity index (χ2v) is 4.80. The van der Waals surface area contributed by atoms with Gasteiger partial charge in [-0.05, 0) is 19.0 Å². The van der Waals surface area contributed by atoms with Crippen molar-refractivity contribution in [1.29, 1.82) is 0 Å². The van der Waals surface area contributed by atoms with E-state index in [4.69, 9.17) is 0 Å². The van der Waals surface area contributed by atoms with Crippen LogP contribution in [0.25, 0.3) is 0 Å². The number of halogens is 1. The number of nitrogens with zero attached hydrogens (tertiary/aromatic N) is 1. The lowest BCUT2D eigenvalue weighted by Crippen LogP contribution is -2.25. The number of nitro benzene ring substituents is 1. The molecule has 88 valence electrons. The van der Waals surface area contributed by atoms with Crippen LogP contribution in [0.15, 0.2) is 22.7 Å². The van der Waals surface area contributed by atoms with Crippen molar-refractivity contribution < 1.29 is 4.92 Å². The van der Waals surface area contributed by atoms with Gasteiger partial charge in [-0.25, -0.2) is 0 Å². The van der Waals surface area contributed by atoms with Crippen LogP contribution in [0.4, 0.5) is 5.69 Å². The van der Waals surface area contributed by atoms with Crippen molar-refractivity contribution in [3.63, 3.8) is 0 Å². The summed E-state index contributed by atoms with van der Waals surface area (Å²) in [6, 6.07) is 5.57. The summed E-state index contributed by atoms with van der Waals surface area (Å²) in [7, 11) is 0. The van der Waals surface area contributed by atoms with E-state index in [1.165, 1.54) is 0 Å². The van der Waals surface area contributed by atoms with Crippen molar-refractivity contribution in [2.24, 2.45) is 0 Å². The Bertz CT molecular complexity index is 380. The molecule has 0 aliphatic rings. The highest BCUT2D eigenvalue weighted by atomic mass is 79.9. The predicted octanol–water partition coefficient (Wildman–Crippen LogP) is 2.90. The van der Waals surface area contributed by atoms with Crippen molar-refractivity contribution in [1.82, 2.24) is 5.32 Å². The monoisotopic (exact) mass is 286 g/mol. The third kappa shape index (κ3) is 3.90. The number of rotatable bonds is 5. The molecule has 1 N–H and O–H groups in total. The van der Waals surface area contributed by atoms with E-state index >= 15 is 0 Å². The average molecular weight is 287 g/mol. The smallest absolute Gasteiger partial charge is 0.273 e. The van der Waals surface area contributed by atoms with Crippen molar-refractivity contribution in [3.8, 4) is 0 Å². The first kappa shape index (κ1) is 13.1. The molecular formula is C11H15BrN2O2. The molecule has 5 heteroatoms. The van der Waals surface area contributed by atoms with E-state index in [0.29, 0.717) is 12.5 Å². The summed E-state index contributed by atoms with van der Waals surface area (Å²) in [6.07, 6.45) is 0.668. The second kappa shape index (κ2) is 5.96. The molecule has 1 rings (SSSR count). The average Bonchev–Trinajstić information content (AvgIpc) is 2.19. The molecule has 0 atom stereocenters. The molecule has 4 nitrogen and oxygen atoms in total. The van der Waals surface area contributed by atoms with Gasteiger partial charge in [0.05, 0.1) is 4.92 Å². The topological polar surface area (TPSA) is 55.2 Å². The molecule has 0 saturated carbocycles. The van der Waals surface area contributed by atoms with Gasteiger partial charge in [0.25, 0.3) is 5.69 Å². The van der Waals surface area contributed by atoms with Crippen LogP contribution < -0.4 is 5.32 Å². The molecule has 0 heterocycles. The molecule has 1 aromatic rings. The van der Waals surface area contributed by atoms with Gasteiger partial charge >= 0.3 is 0 Å². The van der Waals surface area contributed by atoms with Crippen molar-refractivity contribution in [2.75, 3.05) is 6.54 Å². The molecule has 0 spiro atoms. The number of benzene rings is 1. The third-order valence-electron chi connectivity index (χ3n) is 2.19. The molecular weight excluding hydrogens is 272 g/mol. The molecule has 1 aromatic carbocycles. The number of hydrogen-bond acceptors (Lipinski definition) is 3. The third-order valence-corrected chi connectivity index (χ3v) is 2.68. The van der Waals surface area contributed by atoms with Crippen LogP contribution in [-0.4, -0.2) is 17.5 Å². The maximum absolute atomic E-state index is 10.8. The van der Waals surface area contributed by atoms with Gasteiger partial charge in [0.15, 0.2) is 0 Å². The maximum atomic E-state index is 10.8. The zero-order valence-corrected chi connectivity index (χ0v) is 11.0. The lowest BCUT2D eigenvalue weighted by molar-refractivity contribution is -0.385. The zero-order chi connectivity index (χ0) is 12.1. The fraction of sp³-hybridized carbons (Fsp3) is 0.455. The minimum Gasteiger partial charge on any atom is -0.314 e. The lowest BCUT2D eigenvalue weighted by atomic mass is 10.1. The van der Waals surface area contributed by atoms with Crippen LogP contribution in [0.3, 0.4) is 0 Å². The quantitative estimate of drug-likeness (QED) is 0.669. The number of nitrogens with one attached hydrogen (secondary N) is 1. The van der Waals surface area contributed by atoms with Gasteiger partial charge in [0.2, 0.25) is 0 Å². The highest BCUT2D eigenvalue weighted by Gasteiger charge is 2.13. The molecule has 0 aliphatic heterocycles. The summed E-state index contributed by atoms with van der Waals surface area (Å²) in [5, 5.41) is 14.1. The number of hydrogen-bond donors (Lipinski definition) is 1. The Morgan fingerprint density at radius 1 is 1.50 bits per heavy atom. The fourth-order valence-corrected chi connectivity index (χ4v) is 1.76. The van der Waals surface area contributed by atoms with Crippen LogP contribution in [0, 0.1) is 10.1 Å². The Balaban J connectivity index is 2.75. The van der Waals surface area contributed by atoms with Crippen molar-refractivity contribution in [3.05, 3.63) is 38.3 Å². The van der Waals surface area contributed by atoms with Gasteiger partial charge in [-0.15, -0.1) is 0 Å². The lowest BCUT2D eigenvalue weighted by Gasteiger charge is -2.08. The van der Waals surface area contributed by atoms with Gasteiger partial charge in [0, 0.05) is 22.1 Å². The van der Waals surface area contributed by atoms with Gasteiger partial charge in [-0.2, -0.15) is 0 Å². The minimum absolute atomic E-state index is 0.180. The molecule has 16 heavy (non-hydrogen) atoms. The van der Waals surface area contributed by atoms with Crippen LogP contribution >= 0.6 is 15.9 Å². The standard InChI is InChI=1S/C11H15BrN2O2/c1-8(2)13-6-5-9-3-4-10(12)7-11(9)14(15)16/h3-4,7-8,13H,5-6H2,1-2H3. The predicted molar refractivity (Wildman–Crippen MR) is 67.6 cm³/mol. The summed E-state index contributed by atoms with van der Waals surface area (Å²) in [6.45, 7) is 4.85. The van der Waals surface area contributed by atoms with Gasteiger partial charge < -0.3 is 5.32 Å². The normalized spacial score (nSPS) is 10.8. The Hall–Kier alpha value is -0.940. The van der Waals surface area contributed by atoms with Gasteiger partial charge in [0.1, 0.15) is 0 Å². The first-order chi connectivity index (χ1) is 7.50. The summed E-state index contributed by atoms with van der Waals surface area (Å²) in [4.78, 5) is 10.5. The Labute approximate surface area is 103 Å². The van der Waals surface area contributed by atoms with Crippen LogP contribution in [-0.2, 0) is 6.42 Å². The minimum atomic E-state index is -0.338. The maximum Gasteiger partial charge on any atom is 0.273 e. The summed E-state index contributed by atoms with van der Waals surface area (Å²) in [5.41, 5.74) is 0.946. The molecule has 0 unspecified atom stereocenters. The first-order valence-corrected chi connectivity index (χ1v) is 5.96. The molecule has 0 bridgehead atoms. The largest absolute Gasteiger partial charge is 0.314 e. The van der Waals surface area contributed by atoms with Crippen LogP contribution in [0.1, 0.15) is 19.4 Å². The van der Waals surface area contributed by atoms with Crippen molar-refractivity contribution in [2.45, 2.75) is 26.3 Å². The molecule has 0 fully saturated rings. The first-order valence-electron chi connectivity index (χ1n) is 5.17. The Kier molecular flexibility index (Phi) is 4.89. The molecule has 0 radical (unpaired) electrons. The SMILES string of the molecule is CC(C)NCCc1ccc(Br)cc1[N+](=O)[O-]. The van der Waals surface area contributed by atoms with E-state index in [2.05, 4.69) is 35.1 Å². The molecule has 0 amide bonds.